The van der Waals surface area contributed by atoms with Crippen molar-refractivity contribution in [3.63, 3.8) is 0 Å². The van der Waals surface area contributed by atoms with Crippen molar-refractivity contribution < 1.29 is 4.74 Å². The van der Waals surface area contributed by atoms with Crippen LogP contribution >= 0.6 is 0 Å². The van der Waals surface area contributed by atoms with Crippen molar-refractivity contribution >= 4 is 0 Å². The van der Waals surface area contributed by atoms with E-state index >= 15 is 0 Å². The monoisotopic (exact) mass is 112 g/mol. The molecule has 0 aromatic heterocycles. The van der Waals surface area contributed by atoms with Crippen LogP contribution in [0.15, 0.2) is 0 Å². The van der Waals surface area contributed by atoms with E-state index in [0.717, 1.165) is 13.2 Å². The fraction of sp³-hybridized carbons (Fsp3) is 1.00. The first-order chi connectivity index (χ1) is 3.95. The number of morpholine rings is 1. The first-order valence-corrected chi connectivity index (χ1v) is 3.23. The van der Waals surface area contributed by atoms with Gasteiger partial charge in [-0.3, -0.25) is 0 Å². The van der Waals surface area contributed by atoms with Crippen molar-refractivity contribution in [3.05, 3.63) is 0 Å². The van der Waals surface area contributed by atoms with Crippen LogP contribution in [-0.4, -0.2) is 25.3 Å². The number of fused-ring (bicyclic) bond motifs is 3. The van der Waals surface area contributed by atoms with E-state index in [2.05, 4.69) is 5.32 Å². The summed E-state index contributed by atoms with van der Waals surface area (Å²) in [6.07, 6.45) is 3.00. The fourth-order valence-electron chi connectivity index (χ4n) is 1.35. The molecule has 0 aromatic rings. The lowest BCUT2D eigenvalue weighted by Gasteiger charge is -2.35. The van der Waals surface area contributed by atoms with Crippen LogP contribution in [0.25, 0.3) is 0 Å². The number of hydrogen-bond acceptors (Lipinski definition) is 1. The molecule has 2 atom stereocenters. The molecule has 0 N–H and O–H groups in total. The zero-order valence-electron chi connectivity index (χ0n) is 4.84. The van der Waals surface area contributed by atoms with Crippen molar-refractivity contribution in [2.45, 2.75) is 25.0 Å². The third-order valence-electron chi connectivity index (χ3n) is 1.91. The molecule has 3 aliphatic rings. The first-order valence-electron chi connectivity index (χ1n) is 3.23. The van der Waals surface area contributed by atoms with Gasteiger partial charge < -0.3 is 4.74 Å². The van der Waals surface area contributed by atoms with E-state index in [4.69, 9.17) is 4.74 Å². The maximum atomic E-state index is 5.38. The predicted molar refractivity (Wildman–Crippen MR) is 29.8 cm³/mol. The second kappa shape index (κ2) is 1.71. The molecule has 3 rings (SSSR count). The van der Waals surface area contributed by atoms with Gasteiger partial charge in [-0.1, -0.05) is 0 Å². The molecule has 3 saturated heterocycles. The average Bonchev–Trinajstić information content (AvgIpc) is 1.92. The second-order valence-corrected chi connectivity index (χ2v) is 2.55. The van der Waals surface area contributed by atoms with E-state index in [1.165, 1.54) is 12.8 Å². The highest BCUT2D eigenvalue weighted by molar-refractivity contribution is 4.82. The molecule has 45 valence electrons. The summed E-state index contributed by atoms with van der Waals surface area (Å²) in [5, 5.41) is 4.37. The predicted octanol–water partition coefficient (Wildman–Crippen LogP) is 0.152. The van der Waals surface area contributed by atoms with Crippen molar-refractivity contribution in [2.24, 2.45) is 0 Å². The van der Waals surface area contributed by atoms with E-state index in [1.54, 1.807) is 0 Å². The lowest BCUT2D eigenvalue weighted by Crippen LogP contribution is -2.47. The SMILES string of the molecule is C1CC2C[N]C1CO2. The van der Waals surface area contributed by atoms with E-state index in [1.807, 2.05) is 0 Å². The zero-order valence-corrected chi connectivity index (χ0v) is 4.84. The highest BCUT2D eigenvalue weighted by Gasteiger charge is 2.28. The molecule has 8 heavy (non-hydrogen) atoms. The van der Waals surface area contributed by atoms with Gasteiger partial charge in [-0.05, 0) is 12.8 Å². The Bertz CT molecular complexity index is 63.5. The van der Waals surface area contributed by atoms with Gasteiger partial charge in [0.05, 0.1) is 12.7 Å². The molecule has 0 aromatic carbocycles. The number of ether oxygens (including phenoxy) is 1. The fourth-order valence-corrected chi connectivity index (χ4v) is 1.35. The van der Waals surface area contributed by atoms with Gasteiger partial charge in [0.2, 0.25) is 0 Å². The summed E-state index contributed by atoms with van der Waals surface area (Å²) < 4.78 is 5.38. The topological polar surface area (TPSA) is 23.3 Å². The lowest BCUT2D eigenvalue weighted by molar-refractivity contribution is -0.0406. The Morgan fingerprint density at radius 3 is 2.50 bits per heavy atom. The quantitative estimate of drug-likeness (QED) is 0.437. The highest BCUT2D eigenvalue weighted by Crippen LogP contribution is 2.19. The summed E-state index contributed by atoms with van der Waals surface area (Å²) in [7, 11) is 0. The standard InChI is InChI=1S/C6H10NO/c1-2-6-3-7-5(1)4-8-6/h5-6H,1-4H2. The molecular weight excluding hydrogens is 102 g/mol. The minimum atomic E-state index is 0.486. The summed E-state index contributed by atoms with van der Waals surface area (Å²) in [4.78, 5) is 0. The molecule has 3 heterocycles. The Kier molecular flexibility index (Phi) is 1.02. The van der Waals surface area contributed by atoms with Crippen molar-refractivity contribution in [1.82, 2.24) is 5.32 Å². The Labute approximate surface area is 49.2 Å². The zero-order chi connectivity index (χ0) is 5.40. The lowest BCUT2D eigenvalue weighted by atomic mass is 10.0. The molecule has 3 aliphatic heterocycles. The molecule has 2 nitrogen and oxygen atoms in total. The van der Waals surface area contributed by atoms with Gasteiger partial charge in [0.1, 0.15) is 0 Å². The van der Waals surface area contributed by atoms with E-state index in [9.17, 15) is 0 Å². The van der Waals surface area contributed by atoms with E-state index in [-0.39, 0.29) is 0 Å². The maximum Gasteiger partial charge on any atom is 0.0717 e. The Morgan fingerprint density at radius 1 is 1.38 bits per heavy atom. The molecule has 0 amide bonds. The van der Waals surface area contributed by atoms with Gasteiger partial charge in [-0.2, -0.15) is 0 Å². The minimum absolute atomic E-state index is 0.486. The van der Waals surface area contributed by atoms with Crippen molar-refractivity contribution in [2.75, 3.05) is 13.2 Å². The van der Waals surface area contributed by atoms with Crippen LogP contribution in [0.5, 0.6) is 0 Å². The van der Waals surface area contributed by atoms with Gasteiger partial charge in [0.15, 0.2) is 0 Å². The van der Waals surface area contributed by atoms with Gasteiger partial charge in [-0.25, -0.2) is 5.32 Å². The van der Waals surface area contributed by atoms with Crippen LogP contribution in [0.3, 0.4) is 0 Å². The molecule has 3 fully saturated rings. The average molecular weight is 112 g/mol. The smallest absolute Gasteiger partial charge is 0.0717 e. The van der Waals surface area contributed by atoms with E-state index < -0.39 is 0 Å². The summed E-state index contributed by atoms with van der Waals surface area (Å²) in [5.74, 6) is 0. The molecule has 2 unspecified atom stereocenters. The molecule has 2 heteroatoms. The first kappa shape index (κ1) is 4.77. The highest BCUT2D eigenvalue weighted by atomic mass is 16.5. The molecule has 1 radical (unpaired) electrons. The van der Waals surface area contributed by atoms with Gasteiger partial charge in [-0.15, -0.1) is 0 Å². The molecular formula is C6H10NO. The third-order valence-corrected chi connectivity index (χ3v) is 1.91. The van der Waals surface area contributed by atoms with Crippen LogP contribution in [-0.2, 0) is 4.74 Å². The van der Waals surface area contributed by atoms with Crippen LogP contribution in [0.1, 0.15) is 12.8 Å². The molecule has 0 aliphatic carbocycles. The largest absolute Gasteiger partial charge is 0.375 e. The van der Waals surface area contributed by atoms with Crippen molar-refractivity contribution in [3.8, 4) is 0 Å². The maximum absolute atomic E-state index is 5.38. The Hall–Kier alpha value is -0.0800. The second-order valence-electron chi connectivity index (χ2n) is 2.55. The summed E-state index contributed by atoms with van der Waals surface area (Å²) in [6, 6.07) is 0.556. The number of nitrogens with zero attached hydrogens (tertiary/aromatic N) is 1. The normalized spacial score (nSPS) is 45.0. The van der Waals surface area contributed by atoms with Gasteiger partial charge in [0.25, 0.3) is 0 Å². The number of hydrogen-bond donors (Lipinski definition) is 0. The van der Waals surface area contributed by atoms with Crippen LogP contribution < -0.4 is 5.32 Å². The summed E-state index contributed by atoms with van der Waals surface area (Å²) in [6.45, 7) is 1.86. The molecule has 0 saturated carbocycles. The van der Waals surface area contributed by atoms with Crippen LogP contribution in [0, 0.1) is 0 Å². The van der Waals surface area contributed by atoms with Crippen LogP contribution in [0.2, 0.25) is 0 Å². The number of rotatable bonds is 0. The van der Waals surface area contributed by atoms with Gasteiger partial charge in [0, 0.05) is 12.6 Å². The third kappa shape index (κ3) is 0.644. The van der Waals surface area contributed by atoms with Crippen molar-refractivity contribution in [1.29, 1.82) is 0 Å². The Balaban J connectivity index is 2.03. The minimum Gasteiger partial charge on any atom is -0.375 e. The van der Waals surface area contributed by atoms with E-state index in [0.29, 0.717) is 12.1 Å². The molecule has 2 bridgehead atoms. The number of piperidine rings is 1. The Morgan fingerprint density at radius 2 is 2.38 bits per heavy atom. The summed E-state index contributed by atoms with van der Waals surface area (Å²) >= 11 is 0. The summed E-state index contributed by atoms with van der Waals surface area (Å²) in [5.41, 5.74) is 0. The van der Waals surface area contributed by atoms with Gasteiger partial charge >= 0.3 is 0 Å². The van der Waals surface area contributed by atoms with Crippen LogP contribution in [0.4, 0.5) is 0 Å². The molecule has 0 spiro atoms.